The van der Waals surface area contributed by atoms with Gasteiger partial charge in [-0.1, -0.05) is 13.8 Å². The molecule has 6 nitrogen and oxygen atoms in total. The summed E-state index contributed by atoms with van der Waals surface area (Å²) in [7, 11) is 1.59. The summed E-state index contributed by atoms with van der Waals surface area (Å²) in [5.74, 6) is 1.58. The molecule has 0 spiro atoms. The normalized spacial score (nSPS) is 10.6. The Kier molecular flexibility index (Phi) is 4.34. The average molecular weight is 274 g/mol. The highest BCUT2D eigenvalue weighted by atomic mass is 16.5. The smallest absolute Gasteiger partial charge is 0.279 e. The summed E-state index contributed by atoms with van der Waals surface area (Å²) in [6, 6.07) is 7.11. The number of aromatic nitrogens is 3. The van der Waals surface area contributed by atoms with Crippen LogP contribution in [0.25, 0.3) is 11.3 Å². The first-order valence-electron chi connectivity index (χ1n) is 6.45. The van der Waals surface area contributed by atoms with Crippen molar-refractivity contribution in [3.8, 4) is 17.0 Å². The predicted molar refractivity (Wildman–Crippen MR) is 78.0 cm³/mol. The first kappa shape index (κ1) is 14.0. The molecule has 6 heteroatoms. The van der Waals surface area contributed by atoms with E-state index >= 15 is 0 Å². The summed E-state index contributed by atoms with van der Waals surface area (Å²) in [5, 5.41) is 11.0. The second kappa shape index (κ2) is 6.18. The highest BCUT2D eigenvalue weighted by molar-refractivity contribution is 5.58. The Labute approximate surface area is 117 Å². The van der Waals surface area contributed by atoms with Crippen LogP contribution < -0.4 is 15.6 Å². The van der Waals surface area contributed by atoms with E-state index in [2.05, 4.69) is 34.3 Å². The molecule has 0 fully saturated rings. The third kappa shape index (κ3) is 3.34. The number of aromatic amines is 1. The van der Waals surface area contributed by atoms with E-state index in [9.17, 15) is 4.79 Å². The fraction of sp³-hybridized carbons (Fsp3) is 0.357. The minimum atomic E-state index is -0.267. The molecule has 1 heterocycles. The quantitative estimate of drug-likeness (QED) is 0.870. The maximum Gasteiger partial charge on any atom is 0.279 e. The van der Waals surface area contributed by atoms with Crippen LogP contribution >= 0.6 is 0 Å². The van der Waals surface area contributed by atoms with Gasteiger partial charge < -0.3 is 10.1 Å². The maximum absolute atomic E-state index is 12.0. The van der Waals surface area contributed by atoms with Crippen molar-refractivity contribution in [3.63, 3.8) is 0 Å². The standard InChI is InChI=1S/C14H18N4O2/c1-9(2)8-15-14-16-13(19)12(17-18-14)10-4-6-11(20-3)7-5-10/h4-7,9H,8H2,1-3H3,(H2,15,16,18,19). The molecule has 0 radical (unpaired) electrons. The van der Waals surface area contributed by atoms with E-state index in [1.165, 1.54) is 0 Å². The van der Waals surface area contributed by atoms with Gasteiger partial charge in [0.25, 0.3) is 5.56 Å². The number of hydrogen-bond donors (Lipinski definition) is 2. The molecule has 0 unspecified atom stereocenters. The van der Waals surface area contributed by atoms with Gasteiger partial charge in [0, 0.05) is 12.1 Å². The number of methoxy groups -OCH3 is 1. The van der Waals surface area contributed by atoms with Crippen LogP contribution in [0.1, 0.15) is 13.8 Å². The molecule has 0 aliphatic rings. The topological polar surface area (TPSA) is 79.9 Å². The van der Waals surface area contributed by atoms with Gasteiger partial charge in [-0.15, -0.1) is 10.2 Å². The molecule has 20 heavy (non-hydrogen) atoms. The third-order valence-electron chi connectivity index (χ3n) is 2.74. The second-order valence-electron chi connectivity index (χ2n) is 4.85. The Morgan fingerprint density at radius 1 is 1.25 bits per heavy atom. The van der Waals surface area contributed by atoms with E-state index in [4.69, 9.17) is 4.74 Å². The minimum Gasteiger partial charge on any atom is -0.497 e. The van der Waals surface area contributed by atoms with Gasteiger partial charge in [-0.25, -0.2) is 0 Å². The Bertz CT molecular complexity index is 620. The largest absolute Gasteiger partial charge is 0.497 e. The highest BCUT2D eigenvalue weighted by Crippen LogP contribution is 2.17. The van der Waals surface area contributed by atoms with Crippen molar-refractivity contribution in [2.45, 2.75) is 13.8 Å². The number of rotatable bonds is 5. The monoisotopic (exact) mass is 274 g/mol. The van der Waals surface area contributed by atoms with E-state index < -0.39 is 0 Å². The lowest BCUT2D eigenvalue weighted by atomic mass is 10.1. The number of ether oxygens (including phenoxy) is 1. The van der Waals surface area contributed by atoms with Gasteiger partial charge in [0.2, 0.25) is 5.95 Å². The fourth-order valence-corrected chi connectivity index (χ4v) is 1.66. The Morgan fingerprint density at radius 3 is 2.50 bits per heavy atom. The average Bonchev–Trinajstić information content (AvgIpc) is 2.45. The van der Waals surface area contributed by atoms with Crippen LogP contribution in [0.4, 0.5) is 5.95 Å². The first-order chi connectivity index (χ1) is 9.60. The lowest BCUT2D eigenvalue weighted by molar-refractivity contribution is 0.415. The molecule has 1 aromatic heterocycles. The zero-order valence-electron chi connectivity index (χ0n) is 11.8. The molecule has 2 rings (SSSR count). The summed E-state index contributed by atoms with van der Waals surface area (Å²) < 4.78 is 5.08. The molecule has 106 valence electrons. The van der Waals surface area contributed by atoms with Gasteiger partial charge >= 0.3 is 0 Å². The number of nitrogens with one attached hydrogen (secondary N) is 2. The van der Waals surface area contributed by atoms with E-state index in [0.29, 0.717) is 23.1 Å². The van der Waals surface area contributed by atoms with Crippen LogP contribution in [0, 0.1) is 5.92 Å². The van der Waals surface area contributed by atoms with Gasteiger partial charge in [-0.05, 0) is 30.2 Å². The van der Waals surface area contributed by atoms with Crippen LogP contribution in [0.3, 0.4) is 0 Å². The highest BCUT2D eigenvalue weighted by Gasteiger charge is 2.07. The van der Waals surface area contributed by atoms with Crippen LogP contribution in [0.5, 0.6) is 5.75 Å². The van der Waals surface area contributed by atoms with Crippen molar-refractivity contribution in [2.24, 2.45) is 5.92 Å². The molecular weight excluding hydrogens is 256 g/mol. The van der Waals surface area contributed by atoms with Crippen molar-refractivity contribution in [1.29, 1.82) is 0 Å². The van der Waals surface area contributed by atoms with Crippen LogP contribution in [-0.2, 0) is 0 Å². The molecule has 1 aromatic carbocycles. The maximum atomic E-state index is 12.0. The third-order valence-corrected chi connectivity index (χ3v) is 2.74. The van der Waals surface area contributed by atoms with Gasteiger partial charge in [0.1, 0.15) is 5.75 Å². The lowest BCUT2D eigenvalue weighted by Crippen LogP contribution is -2.18. The number of nitrogens with zero attached hydrogens (tertiary/aromatic N) is 2. The summed E-state index contributed by atoms with van der Waals surface area (Å²) in [6.07, 6.45) is 0. The summed E-state index contributed by atoms with van der Waals surface area (Å²) in [5.41, 5.74) is 0.731. The van der Waals surface area contributed by atoms with Crippen molar-refractivity contribution in [1.82, 2.24) is 15.2 Å². The van der Waals surface area contributed by atoms with Gasteiger partial charge in [-0.3, -0.25) is 9.78 Å². The van der Waals surface area contributed by atoms with Crippen LogP contribution in [0.2, 0.25) is 0 Å². The lowest BCUT2D eigenvalue weighted by Gasteiger charge is -2.07. The van der Waals surface area contributed by atoms with Gasteiger partial charge in [0.15, 0.2) is 5.69 Å². The Balaban J connectivity index is 2.22. The first-order valence-corrected chi connectivity index (χ1v) is 6.45. The SMILES string of the molecule is COc1ccc(-c2nnc(NCC(C)C)[nH]c2=O)cc1. The molecule has 0 saturated heterocycles. The molecule has 0 atom stereocenters. The van der Waals surface area contributed by atoms with Crippen molar-refractivity contribution >= 4 is 5.95 Å². The zero-order valence-corrected chi connectivity index (χ0v) is 11.8. The van der Waals surface area contributed by atoms with Gasteiger partial charge in [0.05, 0.1) is 7.11 Å². The van der Waals surface area contributed by atoms with Gasteiger partial charge in [-0.2, -0.15) is 0 Å². The number of benzene rings is 1. The Hall–Kier alpha value is -2.37. The molecule has 0 amide bonds. The molecule has 0 bridgehead atoms. The summed E-state index contributed by atoms with van der Waals surface area (Å²) >= 11 is 0. The number of hydrogen-bond acceptors (Lipinski definition) is 5. The zero-order chi connectivity index (χ0) is 14.5. The van der Waals surface area contributed by atoms with E-state index in [1.54, 1.807) is 31.4 Å². The van der Waals surface area contributed by atoms with Crippen molar-refractivity contribution in [2.75, 3.05) is 19.0 Å². The second-order valence-corrected chi connectivity index (χ2v) is 4.85. The van der Waals surface area contributed by atoms with E-state index in [1.807, 2.05) is 0 Å². The van der Waals surface area contributed by atoms with E-state index in [0.717, 1.165) is 12.3 Å². The fourth-order valence-electron chi connectivity index (χ4n) is 1.66. The minimum absolute atomic E-state index is 0.267. The molecule has 0 saturated carbocycles. The molecule has 2 N–H and O–H groups in total. The predicted octanol–water partition coefficient (Wildman–Crippen LogP) is 1.91. The summed E-state index contributed by atoms with van der Waals surface area (Å²) in [4.78, 5) is 14.7. The number of anilines is 1. The molecule has 0 aliphatic carbocycles. The van der Waals surface area contributed by atoms with Crippen LogP contribution in [0.15, 0.2) is 29.1 Å². The molecule has 2 aromatic rings. The van der Waals surface area contributed by atoms with Crippen LogP contribution in [-0.4, -0.2) is 28.8 Å². The summed E-state index contributed by atoms with van der Waals surface area (Å²) in [6.45, 7) is 4.88. The number of H-pyrrole nitrogens is 1. The molecule has 0 aliphatic heterocycles. The van der Waals surface area contributed by atoms with E-state index in [-0.39, 0.29) is 5.56 Å². The van der Waals surface area contributed by atoms with Crippen molar-refractivity contribution in [3.05, 3.63) is 34.6 Å². The molecular formula is C14H18N4O2. The van der Waals surface area contributed by atoms with Crippen molar-refractivity contribution < 1.29 is 4.74 Å². The Morgan fingerprint density at radius 2 is 1.95 bits per heavy atom.